The second kappa shape index (κ2) is 5.54. The van der Waals surface area contributed by atoms with Crippen LogP contribution in [0, 0.1) is 17.2 Å². The molecule has 1 aliphatic carbocycles. The van der Waals surface area contributed by atoms with Crippen LogP contribution in [0.4, 0.5) is 0 Å². The third kappa shape index (κ3) is 2.30. The number of nitrogens with one attached hydrogen (secondary N) is 1. The lowest BCUT2D eigenvalue weighted by Crippen LogP contribution is -2.65. The quantitative estimate of drug-likeness (QED) is 0.666. The topological polar surface area (TPSA) is 79.2 Å². The molecule has 3 rings (SSSR count). The molecular weight excluding hydrogens is 280 g/mol. The Morgan fingerprint density at radius 2 is 2.05 bits per heavy atom. The molecule has 5 heteroatoms. The van der Waals surface area contributed by atoms with Gasteiger partial charge < -0.3 is 10.1 Å². The van der Waals surface area contributed by atoms with Gasteiger partial charge in [0.25, 0.3) is 0 Å². The summed E-state index contributed by atoms with van der Waals surface area (Å²) >= 11 is 0. The number of carbonyl (C=O) groups excluding carboxylic acids is 2. The van der Waals surface area contributed by atoms with E-state index >= 15 is 0 Å². The van der Waals surface area contributed by atoms with E-state index in [9.17, 15) is 9.59 Å². The second-order valence-corrected chi connectivity index (χ2v) is 6.07. The predicted molar refractivity (Wildman–Crippen MR) is 78.7 cm³/mol. The van der Waals surface area contributed by atoms with Gasteiger partial charge in [-0.2, -0.15) is 5.26 Å². The van der Waals surface area contributed by atoms with Crippen molar-refractivity contribution in [3.8, 4) is 6.07 Å². The van der Waals surface area contributed by atoms with Gasteiger partial charge in [-0.05, 0) is 37.0 Å². The van der Waals surface area contributed by atoms with Gasteiger partial charge in [-0.3, -0.25) is 9.59 Å². The number of methoxy groups -OCH3 is 1. The van der Waals surface area contributed by atoms with Gasteiger partial charge in [0.05, 0.1) is 18.7 Å². The SMILES string of the molecule is COC(=O)[C@H]1C(=O)C[C@@H](c2ccc(C#N)cc2)NC12CCC2. The van der Waals surface area contributed by atoms with Crippen molar-refractivity contribution < 1.29 is 14.3 Å². The average Bonchev–Trinajstić information content (AvgIpc) is 2.52. The van der Waals surface area contributed by atoms with Gasteiger partial charge in [-0.15, -0.1) is 0 Å². The van der Waals surface area contributed by atoms with Crippen LogP contribution in [0.2, 0.25) is 0 Å². The molecule has 1 aliphatic heterocycles. The molecule has 1 N–H and O–H groups in total. The van der Waals surface area contributed by atoms with E-state index in [2.05, 4.69) is 11.4 Å². The molecule has 0 unspecified atom stereocenters. The zero-order chi connectivity index (χ0) is 15.7. The molecule has 1 heterocycles. The summed E-state index contributed by atoms with van der Waals surface area (Å²) in [7, 11) is 1.33. The van der Waals surface area contributed by atoms with E-state index in [4.69, 9.17) is 10.00 Å². The molecule has 1 saturated carbocycles. The minimum Gasteiger partial charge on any atom is -0.468 e. The highest BCUT2D eigenvalue weighted by atomic mass is 16.5. The molecule has 0 aromatic heterocycles. The van der Waals surface area contributed by atoms with E-state index in [-0.39, 0.29) is 18.2 Å². The number of hydrogen-bond acceptors (Lipinski definition) is 5. The number of carbonyl (C=O) groups is 2. The van der Waals surface area contributed by atoms with Crippen molar-refractivity contribution >= 4 is 11.8 Å². The number of nitrogens with zero attached hydrogens (tertiary/aromatic N) is 1. The Balaban J connectivity index is 1.87. The fourth-order valence-electron chi connectivity index (χ4n) is 3.57. The first-order valence-corrected chi connectivity index (χ1v) is 7.48. The summed E-state index contributed by atoms with van der Waals surface area (Å²) < 4.78 is 4.83. The summed E-state index contributed by atoms with van der Waals surface area (Å²) in [4.78, 5) is 24.5. The summed E-state index contributed by atoms with van der Waals surface area (Å²) in [6.07, 6.45) is 2.90. The number of Topliss-reactive ketones (excluding diaryl/α,β-unsaturated/α-hetero) is 1. The van der Waals surface area contributed by atoms with Gasteiger partial charge in [0.1, 0.15) is 5.92 Å². The standard InChI is InChI=1S/C17H18N2O3/c1-22-16(21)15-14(20)9-13(19-17(15)7-2-8-17)12-5-3-11(10-18)4-6-12/h3-6,13,15,19H,2,7-9H2,1H3/t13-,15+/m0/s1. The molecule has 0 radical (unpaired) electrons. The minimum absolute atomic E-state index is 0.0559. The molecule has 1 aromatic rings. The maximum absolute atomic E-state index is 12.5. The molecule has 2 fully saturated rings. The fraction of sp³-hybridized carbons (Fsp3) is 0.471. The fourth-order valence-corrected chi connectivity index (χ4v) is 3.57. The number of ether oxygens (including phenoxy) is 1. The summed E-state index contributed by atoms with van der Waals surface area (Å²) in [5.41, 5.74) is 1.11. The maximum atomic E-state index is 12.5. The van der Waals surface area contributed by atoms with Crippen LogP contribution in [0.15, 0.2) is 24.3 Å². The Labute approximate surface area is 129 Å². The molecule has 2 aliphatic rings. The Kier molecular flexibility index (Phi) is 3.71. The molecule has 5 nitrogen and oxygen atoms in total. The van der Waals surface area contributed by atoms with Crippen LogP contribution in [-0.2, 0) is 14.3 Å². The van der Waals surface area contributed by atoms with E-state index in [1.54, 1.807) is 12.1 Å². The molecule has 22 heavy (non-hydrogen) atoms. The number of ketones is 1. The highest BCUT2D eigenvalue weighted by Gasteiger charge is 2.55. The van der Waals surface area contributed by atoms with Crippen LogP contribution in [0.5, 0.6) is 0 Å². The Hall–Kier alpha value is -2.19. The molecule has 0 amide bonds. The van der Waals surface area contributed by atoms with Gasteiger partial charge in [0.15, 0.2) is 5.78 Å². The monoisotopic (exact) mass is 298 g/mol. The first-order chi connectivity index (χ1) is 10.6. The van der Waals surface area contributed by atoms with E-state index in [1.165, 1.54) is 7.11 Å². The summed E-state index contributed by atoms with van der Waals surface area (Å²) in [5, 5.41) is 12.4. The van der Waals surface area contributed by atoms with Gasteiger partial charge in [0.2, 0.25) is 0 Å². The zero-order valence-corrected chi connectivity index (χ0v) is 12.5. The van der Waals surface area contributed by atoms with Crippen LogP contribution >= 0.6 is 0 Å². The summed E-state index contributed by atoms with van der Waals surface area (Å²) in [5.74, 6) is -1.18. The number of piperidine rings is 1. The number of benzene rings is 1. The Morgan fingerprint density at radius 3 is 2.55 bits per heavy atom. The highest BCUT2D eigenvalue weighted by Crippen LogP contribution is 2.45. The first kappa shape index (κ1) is 14.7. The second-order valence-electron chi connectivity index (χ2n) is 6.07. The molecular formula is C17H18N2O3. The van der Waals surface area contributed by atoms with Gasteiger partial charge >= 0.3 is 5.97 Å². The normalized spacial score (nSPS) is 26.1. The van der Waals surface area contributed by atoms with Crippen molar-refractivity contribution in [1.82, 2.24) is 5.32 Å². The van der Waals surface area contributed by atoms with Crippen molar-refractivity contribution in [2.75, 3.05) is 7.11 Å². The lowest BCUT2D eigenvalue weighted by Gasteiger charge is -2.51. The molecule has 0 bridgehead atoms. The zero-order valence-electron chi connectivity index (χ0n) is 12.5. The smallest absolute Gasteiger partial charge is 0.318 e. The number of hydrogen-bond donors (Lipinski definition) is 1. The average molecular weight is 298 g/mol. The van der Waals surface area contributed by atoms with Crippen LogP contribution in [-0.4, -0.2) is 24.4 Å². The van der Waals surface area contributed by atoms with E-state index in [0.717, 1.165) is 24.8 Å². The number of rotatable bonds is 2. The van der Waals surface area contributed by atoms with Crippen molar-refractivity contribution in [3.05, 3.63) is 35.4 Å². The van der Waals surface area contributed by atoms with Crippen molar-refractivity contribution in [2.45, 2.75) is 37.3 Å². The van der Waals surface area contributed by atoms with Crippen molar-refractivity contribution in [2.24, 2.45) is 5.92 Å². The Bertz CT molecular complexity index is 641. The third-order valence-electron chi connectivity index (χ3n) is 4.87. The van der Waals surface area contributed by atoms with Crippen LogP contribution in [0.25, 0.3) is 0 Å². The minimum atomic E-state index is -0.694. The lowest BCUT2D eigenvalue weighted by molar-refractivity contribution is -0.158. The molecule has 2 atom stereocenters. The number of esters is 1. The predicted octanol–water partition coefficient (Wildman–Crippen LogP) is 1.87. The van der Waals surface area contributed by atoms with Gasteiger partial charge in [-0.25, -0.2) is 0 Å². The number of nitriles is 1. The third-order valence-corrected chi connectivity index (χ3v) is 4.87. The lowest BCUT2D eigenvalue weighted by atomic mass is 9.63. The van der Waals surface area contributed by atoms with Gasteiger partial charge in [-0.1, -0.05) is 12.1 Å². The van der Waals surface area contributed by atoms with E-state index in [0.29, 0.717) is 5.56 Å². The Morgan fingerprint density at radius 1 is 1.36 bits per heavy atom. The summed E-state index contributed by atoms with van der Waals surface area (Å²) in [6.45, 7) is 0. The van der Waals surface area contributed by atoms with Crippen molar-refractivity contribution in [3.63, 3.8) is 0 Å². The molecule has 114 valence electrons. The van der Waals surface area contributed by atoms with Crippen LogP contribution in [0.3, 0.4) is 0 Å². The largest absolute Gasteiger partial charge is 0.468 e. The van der Waals surface area contributed by atoms with Crippen molar-refractivity contribution in [1.29, 1.82) is 5.26 Å². The van der Waals surface area contributed by atoms with Gasteiger partial charge in [0, 0.05) is 18.0 Å². The first-order valence-electron chi connectivity index (χ1n) is 7.48. The molecule has 1 aromatic carbocycles. The molecule has 1 saturated heterocycles. The molecule has 1 spiro atoms. The highest BCUT2D eigenvalue weighted by molar-refractivity contribution is 6.01. The maximum Gasteiger partial charge on any atom is 0.318 e. The summed E-state index contributed by atoms with van der Waals surface area (Å²) in [6, 6.07) is 9.22. The van der Waals surface area contributed by atoms with Crippen LogP contribution < -0.4 is 5.32 Å². The van der Waals surface area contributed by atoms with Crippen LogP contribution in [0.1, 0.15) is 42.9 Å². The van der Waals surface area contributed by atoms with E-state index < -0.39 is 17.4 Å². The van der Waals surface area contributed by atoms with E-state index in [1.807, 2.05) is 12.1 Å².